The van der Waals surface area contributed by atoms with Gasteiger partial charge < -0.3 is 10.1 Å². The molecule has 3 heteroatoms. The zero-order valence-electron chi connectivity index (χ0n) is 10.6. The Kier molecular flexibility index (Phi) is 3.05. The monoisotopic (exact) mass is 242 g/mol. The summed E-state index contributed by atoms with van der Waals surface area (Å²) >= 11 is 0. The lowest BCUT2D eigenvalue weighted by molar-refractivity contribution is 0.414. The highest BCUT2D eigenvalue weighted by molar-refractivity contribution is 5.62. The van der Waals surface area contributed by atoms with Gasteiger partial charge in [0.15, 0.2) is 0 Å². The van der Waals surface area contributed by atoms with Gasteiger partial charge in [-0.15, -0.1) is 0 Å². The summed E-state index contributed by atoms with van der Waals surface area (Å²) in [5.41, 5.74) is 4.25. The van der Waals surface area contributed by atoms with Gasteiger partial charge >= 0.3 is 0 Å². The molecular weight excluding hydrogens is 224 g/mol. The van der Waals surface area contributed by atoms with Gasteiger partial charge in [-0.3, -0.25) is 4.99 Å². The highest BCUT2D eigenvalue weighted by Crippen LogP contribution is 2.29. The molecule has 1 aliphatic carbocycles. The van der Waals surface area contributed by atoms with Crippen molar-refractivity contribution in [3.8, 4) is 5.75 Å². The second-order valence-electron chi connectivity index (χ2n) is 4.93. The number of hydrogen-bond acceptors (Lipinski definition) is 3. The van der Waals surface area contributed by atoms with Crippen LogP contribution >= 0.6 is 0 Å². The highest BCUT2D eigenvalue weighted by Gasteiger charge is 2.16. The minimum Gasteiger partial charge on any atom is -0.497 e. The van der Waals surface area contributed by atoms with E-state index in [4.69, 9.17) is 4.74 Å². The van der Waals surface area contributed by atoms with Gasteiger partial charge in [-0.25, -0.2) is 0 Å². The number of hydrogen-bond donors (Lipinski definition) is 1. The molecule has 94 valence electrons. The van der Waals surface area contributed by atoms with Crippen LogP contribution in [-0.4, -0.2) is 26.0 Å². The van der Waals surface area contributed by atoms with E-state index in [1.807, 2.05) is 12.4 Å². The smallest absolute Gasteiger partial charge is 0.119 e. The number of methoxy groups -OCH3 is 1. The number of nitrogens with one attached hydrogen (secondary N) is 1. The third-order valence-corrected chi connectivity index (χ3v) is 3.66. The molecule has 0 aromatic heterocycles. The summed E-state index contributed by atoms with van der Waals surface area (Å²) in [5, 5.41) is 3.29. The van der Waals surface area contributed by atoms with E-state index in [-0.39, 0.29) is 0 Å². The van der Waals surface area contributed by atoms with Crippen molar-refractivity contribution in [2.75, 3.05) is 13.7 Å². The molecule has 1 aromatic carbocycles. The molecule has 0 saturated carbocycles. The van der Waals surface area contributed by atoms with Crippen LogP contribution in [0.1, 0.15) is 24.0 Å². The van der Waals surface area contributed by atoms with Gasteiger partial charge in [0.2, 0.25) is 0 Å². The molecule has 2 aliphatic rings. The molecule has 1 N–H and O–H groups in total. The molecule has 3 rings (SSSR count). The summed E-state index contributed by atoms with van der Waals surface area (Å²) < 4.78 is 5.29. The predicted octanol–water partition coefficient (Wildman–Crippen LogP) is 2.42. The van der Waals surface area contributed by atoms with Crippen molar-refractivity contribution in [2.45, 2.75) is 25.3 Å². The maximum atomic E-state index is 5.29. The lowest BCUT2D eigenvalue weighted by Gasteiger charge is -2.19. The van der Waals surface area contributed by atoms with Crippen LogP contribution in [0.25, 0.3) is 6.08 Å². The summed E-state index contributed by atoms with van der Waals surface area (Å²) in [7, 11) is 1.72. The Bertz CT molecular complexity index is 497. The Hall–Kier alpha value is -1.77. The van der Waals surface area contributed by atoms with Crippen LogP contribution in [0.5, 0.6) is 5.75 Å². The van der Waals surface area contributed by atoms with Crippen molar-refractivity contribution < 1.29 is 4.74 Å². The maximum Gasteiger partial charge on any atom is 0.119 e. The molecular formula is C15H18N2O. The Morgan fingerprint density at radius 3 is 3.11 bits per heavy atom. The summed E-state index contributed by atoms with van der Waals surface area (Å²) in [6.45, 7) is 0.905. The van der Waals surface area contributed by atoms with Crippen LogP contribution in [0.4, 0.5) is 0 Å². The topological polar surface area (TPSA) is 33.6 Å². The van der Waals surface area contributed by atoms with E-state index in [0.717, 1.165) is 31.6 Å². The van der Waals surface area contributed by atoms with E-state index in [9.17, 15) is 0 Å². The third-order valence-electron chi connectivity index (χ3n) is 3.66. The van der Waals surface area contributed by atoms with Crippen LogP contribution in [0.2, 0.25) is 0 Å². The first-order chi connectivity index (χ1) is 8.85. The van der Waals surface area contributed by atoms with Crippen molar-refractivity contribution in [3.05, 3.63) is 34.9 Å². The zero-order chi connectivity index (χ0) is 12.4. The number of fused-ring (bicyclic) bond motifs is 1. The van der Waals surface area contributed by atoms with Crippen molar-refractivity contribution >= 4 is 12.4 Å². The molecule has 0 amide bonds. The van der Waals surface area contributed by atoms with Gasteiger partial charge in [0, 0.05) is 0 Å². The van der Waals surface area contributed by atoms with Crippen LogP contribution in [0, 0.1) is 0 Å². The lowest BCUT2D eigenvalue weighted by atomic mass is 9.89. The van der Waals surface area contributed by atoms with Crippen LogP contribution in [0.15, 0.2) is 28.8 Å². The first kappa shape index (κ1) is 11.3. The Morgan fingerprint density at radius 2 is 2.33 bits per heavy atom. The van der Waals surface area contributed by atoms with Crippen molar-refractivity contribution in [1.29, 1.82) is 0 Å². The normalized spacial score (nSPS) is 21.2. The first-order valence-corrected chi connectivity index (χ1v) is 6.46. The molecule has 0 fully saturated rings. The third kappa shape index (κ3) is 2.26. The molecule has 0 spiro atoms. The van der Waals surface area contributed by atoms with Crippen molar-refractivity contribution in [2.24, 2.45) is 4.99 Å². The molecule has 0 radical (unpaired) electrons. The van der Waals surface area contributed by atoms with Crippen LogP contribution < -0.4 is 10.1 Å². The fourth-order valence-corrected chi connectivity index (χ4v) is 2.64. The summed E-state index contributed by atoms with van der Waals surface area (Å²) in [4.78, 5) is 4.22. The molecule has 1 atom stereocenters. The fourth-order valence-electron chi connectivity index (χ4n) is 2.64. The summed E-state index contributed by atoms with van der Waals surface area (Å²) in [6, 6.07) is 6.85. The van der Waals surface area contributed by atoms with E-state index in [1.54, 1.807) is 7.11 Å². The Balaban J connectivity index is 1.78. The van der Waals surface area contributed by atoms with E-state index in [0.29, 0.717) is 6.04 Å². The van der Waals surface area contributed by atoms with Gasteiger partial charge in [-0.05, 0) is 42.5 Å². The second kappa shape index (κ2) is 4.84. The highest BCUT2D eigenvalue weighted by atomic mass is 16.5. The standard InChI is InChI=1S/C15H18N2O/c1-18-15-5-4-12-3-2-11(6-13(12)8-15)7-14-9-16-10-17-14/h4-6,8,10,14H,2-3,7,9H2,1H3,(H,16,17). The molecule has 3 nitrogen and oxygen atoms in total. The molecule has 1 heterocycles. The predicted molar refractivity (Wildman–Crippen MR) is 74.2 cm³/mol. The molecule has 18 heavy (non-hydrogen) atoms. The maximum absolute atomic E-state index is 5.29. The largest absolute Gasteiger partial charge is 0.497 e. The van der Waals surface area contributed by atoms with Gasteiger partial charge in [0.05, 0.1) is 26.0 Å². The van der Waals surface area contributed by atoms with E-state index >= 15 is 0 Å². The average molecular weight is 242 g/mol. The van der Waals surface area contributed by atoms with Gasteiger partial charge in [-0.2, -0.15) is 0 Å². The van der Waals surface area contributed by atoms with E-state index in [1.165, 1.54) is 16.7 Å². The number of aliphatic imine (C=N–C) groups is 1. The Labute approximate surface area is 108 Å². The number of ether oxygens (including phenoxy) is 1. The number of aryl methyl sites for hydroxylation is 1. The molecule has 0 saturated heterocycles. The number of nitrogens with zero attached hydrogens (tertiary/aromatic N) is 1. The minimum absolute atomic E-state index is 0.489. The fraction of sp³-hybridized carbons (Fsp3) is 0.400. The molecule has 1 aromatic rings. The summed E-state index contributed by atoms with van der Waals surface area (Å²) in [6.07, 6.45) is 7.54. The van der Waals surface area contributed by atoms with Crippen molar-refractivity contribution in [1.82, 2.24) is 5.32 Å². The SMILES string of the molecule is COc1ccc2c(c1)C=C(CC1CN=CN1)CC2. The van der Waals surface area contributed by atoms with Crippen molar-refractivity contribution in [3.63, 3.8) is 0 Å². The van der Waals surface area contributed by atoms with E-state index in [2.05, 4.69) is 28.5 Å². The number of benzene rings is 1. The van der Waals surface area contributed by atoms with E-state index < -0.39 is 0 Å². The second-order valence-corrected chi connectivity index (χ2v) is 4.93. The van der Waals surface area contributed by atoms with Crippen LogP contribution in [-0.2, 0) is 6.42 Å². The van der Waals surface area contributed by atoms with Crippen LogP contribution in [0.3, 0.4) is 0 Å². The quantitative estimate of drug-likeness (QED) is 0.883. The average Bonchev–Trinajstić information content (AvgIpc) is 2.90. The number of rotatable bonds is 3. The lowest BCUT2D eigenvalue weighted by Crippen LogP contribution is -2.25. The molecule has 0 bridgehead atoms. The summed E-state index contributed by atoms with van der Waals surface area (Å²) in [5.74, 6) is 0.938. The van der Waals surface area contributed by atoms with Gasteiger partial charge in [0.1, 0.15) is 5.75 Å². The molecule has 1 unspecified atom stereocenters. The Morgan fingerprint density at radius 1 is 1.39 bits per heavy atom. The first-order valence-electron chi connectivity index (χ1n) is 6.46. The van der Waals surface area contributed by atoms with Gasteiger partial charge in [0.25, 0.3) is 0 Å². The zero-order valence-corrected chi connectivity index (χ0v) is 10.6. The molecule has 1 aliphatic heterocycles. The minimum atomic E-state index is 0.489. The van der Waals surface area contributed by atoms with Gasteiger partial charge in [-0.1, -0.05) is 17.7 Å².